The van der Waals surface area contributed by atoms with Gasteiger partial charge < -0.3 is 24.7 Å². The van der Waals surface area contributed by atoms with Crippen LogP contribution < -0.4 is 35.5 Å². The average molecular weight is 633 g/mol. The van der Waals surface area contributed by atoms with Crippen molar-refractivity contribution in [2.75, 3.05) is 57.9 Å². The van der Waals surface area contributed by atoms with Crippen LogP contribution in [0.3, 0.4) is 0 Å². The number of methoxy groups -OCH3 is 2. The number of benzene rings is 3. The summed E-state index contributed by atoms with van der Waals surface area (Å²) in [6.45, 7) is 4.34. The molecule has 47 heavy (non-hydrogen) atoms. The van der Waals surface area contributed by atoms with Crippen LogP contribution in [0.1, 0.15) is 11.1 Å². The first-order valence-electron chi connectivity index (χ1n) is 15.7. The Labute approximate surface area is 275 Å². The second-order valence-corrected chi connectivity index (χ2v) is 11.1. The maximum Gasteiger partial charge on any atom is 0.145 e. The van der Waals surface area contributed by atoms with Gasteiger partial charge in [-0.15, -0.1) is 0 Å². The zero-order valence-electron chi connectivity index (χ0n) is 26.7. The van der Waals surface area contributed by atoms with Crippen molar-refractivity contribution in [2.24, 2.45) is 5.73 Å². The number of hydrogen-bond donors (Lipinski definition) is 3. The van der Waals surface area contributed by atoms with Crippen LogP contribution in [0.4, 0.5) is 11.6 Å². The quantitative estimate of drug-likeness (QED) is 0.125. The minimum atomic E-state index is 0.434. The number of anilines is 2. The normalized spacial score (nSPS) is 12.6. The first-order chi connectivity index (χ1) is 23.1. The lowest BCUT2D eigenvalue weighted by Gasteiger charge is -2.28. The highest BCUT2D eigenvalue weighted by atomic mass is 16.5. The SMILES string of the molecule is COc1cc(OCCN)ccc1-c1cccc(NNc2cccc(-c3ccc(OCCN4CCc5ccccc5C4)cc3OC)n2)n1. The van der Waals surface area contributed by atoms with Gasteiger partial charge in [-0.05, 0) is 66.1 Å². The number of pyridine rings is 2. The summed E-state index contributed by atoms with van der Waals surface area (Å²) in [5, 5.41) is 0. The molecule has 3 heterocycles. The number of fused-ring (bicyclic) bond motifs is 1. The van der Waals surface area contributed by atoms with Crippen LogP contribution in [-0.4, -0.2) is 61.9 Å². The van der Waals surface area contributed by atoms with E-state index >= 15 is 0 Å². The Balaban J connectivity index is 1.08. The number of rotatable bonds is 14. The number of nitrogens with one attached hydrogen (secondary N) is 2. The largest absolute Gasteiger partial charge is 0.496 e. The summed E-state index contributed by atoms with van der Waals surface area (Å²) in [7, 11) is 3.28. The Hall–Kier alpha value is -5.32. The molecule has 10 nitrogen and oxygen atoms in total. The van der Waals surface area contributed by atoms with Crippen molar-refractivity contribution in [3.63, 3.8) is 0 Å². The molecule has 242 valence electrons. The predicted molar refractivity (Wildman–Crippen MR) is 185 cm³/mol. The van der Waals surface area contributed by atoms with Crippen LogP contribution in [0, 0.1) is 0 Å². The van der Waals surface area contributed by atoms with Crippen LogP contribution in [0.2, 0.25) is 0 Å². The maximum atomic E-state index is 6.13. The third kappa shape index (κ3) is 7.92. The first-order valence-corrected chi connectivity index (χ1v) is 15.7. The summed E-state index contributed by atoms with van der Waals surface area (Å²) in [5.74, 6) is 4.04. The molecule has 0 radical (unpaired) electrons. The average Bonchev–Trinajstić information content (AvgIpc) is 3.13. The first kappa shape index (κ1) is 31.7. The van der Waals surface area contributed by atoms with E-state index in [1.54, 1.807) is 14.2 Å². The van der Waals surface area contributed by atoms with E-state index in [1.807, 2.05) is 72.8 Å². The van der Waals surface area contributed by atoms with Gasteiger partial charge in [0.25, 0.3) is 0 Å². The molecule has 10 heteroatoms. The Bertz CT molecular complexity index is 1800. The predicted octanol–water partition coefficient (Wildman–Crippen LogP) is 6.04. The van der Waals surface area contributed by atoms with Crippen LogP contribution in [-0.2, 0) is 13.0 Å². The number of hydrazine groups is 1. The lowest BCUT2D eigenvalue weighted by atomic mass is 10.0. The van der Waals surface area contributed by atoms with E-state index in [-0.39, 0.29) is 0 Å². The molecule has 0 atom stereocenters. The minimum Gasteiger partial charge on any atom is -0.496 e. The molecule has 1 aliphatic rings. The van der Waals surface area contributed by atoms with Crippen molar-refractivity contribution in [1.29, 1.82) is 0 Å². The molecule has 0 aliphatic carbocycles. The van der Waals surface area contributed by atoms with Gasteiger partial charge in [0.1, 0.15) is 47.8 Å². The molecule has 0 bridgehead atoms. The lowest BCUT2D eigenvalue weighted by molar-refractivity contribution is 0.196. The Morgan fingerprint density at radius 1 is 0.681 bits per heavy atom. The standard InChI is InChI=1S/C37H40N6O4/c1-44-34-23-28(46-21-18-38)13-15-30(34)32-9-5-11-36(39-32)41-42-37-12-6-10-33(40-37)31-16-14-29(24-35(31)45-2)47-22-20-43-19-17-26-7-3-4-8-27(26)25-43/h3-16,23-24H,17-22,25,38H2,1-2H3,(H,39,41)(H,40,42). The van der Waals surface area contributed by atoms with Gasteiger partial charge >= 0.3 is 0 Å². The number of ether oxygens (including phenoxy) is 4. The van der Waals surface area contributed by atoms with Crippen LogP contribution in [0.5, 0.6) is 23.0 Å². The topological polar surface area (TPSA) is 116 Å². The Morgan fingerprint density at radius 2 is 1.26 bits per heavy atom. The molecule has 3 aromatic carbocycles. The zero-order chi connectivity index (χ0) is 32.4. The molecular weight excluding hydrogens is 592 g/mol. The molecule has 6 rings (SSSR count). The molecular formula is C37H40N6O4. The summed E-state index contributed by atoms with van der Waals surface area (Å²) in [6, 6.07) is 31.7. The third-order valence-corrected chi connectivity index (χ3v) is 7.99. The van der Waals surface area contributed by atoms with E-state index < -0.39 is 0 Å². The van der Waals surface area contributed by atoms with Gasteiger partial charge in [-0.1, -0.05) is 36.4 Å². The fourth-order valence-corrected chi connectivity index (χ4v) is 5.60. The van der Waals surface area contributed by atoms with Gasteiger partial charge in [0, 0.05) is 49.4 Å². The molecule has 2 aromatic heterocycles. The van der Waals surface area contributed by atoms with Crippen LogP contribution in [0.15, 0.2) is 97.1 Å². The molecule has 0 fully saturated rings. The van der Waals surface area contributed by atoms with E-state index in [4.69, 9.17) is 34.6 Å². The molecule has 0 saturated carbocycles. The molecule has 0 saturated heterocycles. The van der Waals surface area contributed by atoms with Crippen molar-refractivity contribution in [3.05, 3.63) is 108 Å². The second kappa shape index (κ2) is 15.3. The summed E-state index contributed by atoms with van der Waals surface area (Å²) >= 11 is 0. The molecule has 0 amide bonds. The van der Waals surface area contributed by atoms with Crippen molar-refractivity contribution in [3.8, 4) is 45.5 Å². The Kier molecular flexibility index (Phi) is 10.3. The van der Waals surface area contributed by atoms with Crippen molar-refractivity contribution in [1.82, 2.24) is 14.9 Å². The third-order valence-electron chi connectivity index (χ3n) is 7.99. The van der Waals surface area contributed by atoms with Gasteiger partial charge in [0.05, 0.1) is 25.6 Å². The smallest absolute Gasteiger partial charge is 0.145 e. The highest BCUT2D eigenvalue weighted by Crippen LogP contribution is 2.34. The lowest BCUT2D eigenvalue weighted by Crippen LogP contribution is -2.33. The number of nitrogens with two attached hydrogens (primary N) is 1. The van der Waals surface area contributed by atoms with Gasteiger partial charge in [-0.3, -0.25) is 15.8 Å². The monoisotopic (exact) mass is 632 g/mol. The number of hydrogen-bond acceptors (Lipinski definition) is 10. The number of aromatic nitrogens is 2. The number of nitrogens with zero attached hydrogens (tertiary/aromatic N) is 3. The zero-order valence-corrected chi connectivity index (χ0v) is 26.7. The second-order valence-electron chi connectivity index (χ2n) is 11.1. The molecule has 0 spiro atoms. The van der Waals surface area contributed by atoms with Crippen molar-refractivity contribution >= 4 is 11.6 Å². The summed E-state index contributed by atoms with van der Waals surface area (Å²) < 4.78 is 23.1. The van der Waals surface area contributed by atoms with Crippen LogP contribution >= 0.6 is 0 Å². The van der Waals surface area contributed by atoms with E-state index in [2.05, 4.69) is 40.0 Å². The summed E-state index contributed by atoms with van der Waals surface area (Å²) in [4.78, 5) is 12.0. The van der Waals surface area contributed by atoms with Crippen molar-refractivity contribution < 1.29 is 18.9 Å². The van der Waals surface area contributed by atoms with E-state index in [0.717, 1.165) is 54.3 Å². The van der Waals surface area contributed by atoms with Gasteiger partial charge in [-0.2, -0.15) is 0 Å². The van der Waals surface area contributed by atoms with Crippen molar-refractivity contribution in [2.45, 2.75) is 13.0 Å². The Morgan fingerprint density at radius 3 is 1.83 bits per heavy atom. The fourth-order valence-electron chi connectivity index (χ4n) is 5.60. The molecule has 1 aliphatic heterocycles. The minimum absolute atomic E-state index is 0.434. The fraction of sp³-hybridized carbons (Fsp3) is 0.243. The molecule has 4 N–H and O–H groups in total. The highest BCUT2D eigenvalue weighted by Gasteiger charge is 2.16. The van der Waals surface area contributed by atoms with Gasteiger partial charge in [0.2, 0.25) is 0 Å². The van der Waals surface area contributed by atoms with Gasteiger partial charge in [-0.25, -0.2) is 9.97 Å². The maximum absolute atomic E-state index is 6.13. The highest BCUT2D eigenvalue weighted by molar-refractivity contribution is 5.71. The summed E-state index contributed by atoms with van der Waals surface area (Å²) in [6.07, 6.45) is 1.08. The van der Waals surface area contributed by atoms with E-state index in [0.29, 0.717) is 48.6 Å². The molecule has 5 aromatic rings. The summed E-state index contributed by atoms with van der Waals surface area (Å²) in [5.41, 5.74) is 18.0. The molecule has 0 unspecified atom stereocenters. The van der Waals surface area contributed by atoms with Crippen LogP contribution in [0.25, 0.3) is 22.5 Å². The van der Waals surface area contributed by atoms with E-state index in [1.165, 1.54) is 11.1 Å². The van der Waals surface area contributed by atoms with E-state index in [9.17, 15) is 0 Å². The van der Waals surface area contributed by atoms with Gasteiger partial charge in [0.15, 0.2) is 0 Å².